The van der Waals surface area contributed by atoms with Crippen molar-refractivity contribution < 1.29 is 14.6 Å². The molecule has 2 heterocycles. The molecule has 5 nitrogen and oxygen atoms in total. The highest BCUT2D eigenvalue weighted by Gasteiger charge is 2.30. The standard InChI is InChI=1S/C12H22N2O3/c15-7-4-11-12(16)13-5-2-6-14(11)9-10-3-1-8-17-10/h10-11,15H,1-9H2,(H,13,16). The normalized spacial score (nSPS) is 31.2. The van der Waals surface area contributed by atoms with E-state index in [1.807, 2.05) is 0 Å². The number of hydrogen-bond acceptors (Lipinski definition) is 4. The number of nitrogens with one attached hydrogen (secondary N) is 1. The molecule has 98 valence electrons. The number of ether oxygens (including phenoxy) is 1. The van der Waals surface area contributed by atoms with Gasteiger partial charge >= 0.3 is 0 Å². The van der Waals surface area contributed by atoms with Gasteiger partial charge in [-0.2, -0.15) is 0 Å². The van der Waals surface area contributed by atoms with Gasteiger partial charge in [0.15, 0.2) is 0 Å². The monoisotopic (exact) mass is 242 g/mol. The molecule has 0 aliphatic carbocycles. The van der Waals surface area contributed by atoms with Crippen LogP contribution in [-0.4, -0.2) is 60.9 Å². The molecular formula is C12H22N2O3. The lowest BCUT2D eigenvalue weighted by Crippen LogP contribution is -2.47. The number of aliphatic hydroxyl groups excluding tert-OH is 1. The Morgan fingerprint density at radius 1 is 1.47 bits per heavy atom. The summed E-state index contributed by atoms with van der Waals surface area (Å²) in [6.45, 7) is 3.36. The van der Waals surface area contributed by atoms with E-state index in [0.717, 1.165) is 45.5 Å². The van der Waals surface area contributed by atoms with Crippen LogP contribution in [0.1, 0.15) is 25.7 Å². The van der Waals surface area contributed by atoms with Gasteiger partial charge in [-0.15, -0.1) is 0 Å². The SMILES string of the molecule is O=C1NCCCN(CC2CCCO2)C1CCO. The van der Waals surface area contributed by atoms with Crippen molar-refractivity contribution in [3.05, 3.63) is 0 Å². The lowest BCUT2D eigenvalue weighted by Gasteiger charge is -2.29. The zero-order valence-corrected chi connectivity index (χ0v) is 10.2. The van der Waals surface area contributed by atoms with Gasteiger partial charge in [0.2, 0.25) is 5.91 Å². The second kappa shape index (κ2) is 6.33. The quantitative estimate of drug-likeness (QED) is 0.713. The van der Waals surface area contributed by atoms with Crippen LogP contribution in [0.5, 0.6) is 0 Å². The molecule has 2 rings (SSSR count). The third kappa shape index (κ3) is 3.40. The minimum Gasteiger partial charge on any atom is -0.396 e. The lowest BCUT2D eigenvalue weighted by atomic mass is 10.1. The summed E-state index contributed by atoms with van der Waals surface area (Å²) < 4.78 is 5.62. The maximum atomic E-state index is 11.9. The van der Waals surface area contributed by atoms with Gasteiger partial charge in [0.25, 0.3) is 0 Å². The first-order chi connectivity index (χ1) is 8.31. The Kier molecular flexibility index (Phi) is 4.76. The minimum absolute atomic E-state index is 0.0505. The molecule has 0 aromatic carbocycles. The fourth-order valence-electron chi connectivity index (χ4n) is 2.64. The van der Waals surface area contributed by atoms with Crippen molar-refractivity contribution in [2.75, 3.05) is 32.8 Å². The average Bonchev–Trinajstić information content (AvgIpc) is 2.76. The highest BCUT2D eigenvalue weighted by Crippen LogP contribution is 2.17. The summed E-state index contributed by atoms with van der Waals surface area (Å²) in [5.74, 6) is 0.0505. The molecule has 2 aliphatic rings. The van der Waals surface area contributed by atoms with E-state index in [-0.39, 0.29) is 24.7 Å². The molecule has 0 aromatic heterocycles. The van der Waals surface area contributed by atoms with Crippen molar-refractivity contribution >= 4 is 5.91 Å². The molecule has 2 fully saturated rings. The summed E-state index contributed by atoms with van der Waals surface area (Å²) in [4.78, 5) is 14.1. The molecular weight excluding hydrogens is 220 g/mol. The third-order valence-corrected chi connectivity index (χ3v) is 3.53. The predicted octanol–water partition coefficient (Wildman–Crippen LogP) is -0.262. The molecule has 0 bridgehead atoms. The number of carbonyl (C=O) groups excluding carboxylic acids is 1. The van der Waals surface area contributed by atoms with Crippen LogP contribution in [-0.2, 0) is 9.53 Å². The van der Waals surface area contributed by atoms with Crippen LogP contribution >= 0.6 is 0 Å². The van der Waals surface area contributed by atoms with E-state index >= 15 is 0 Å². The lowest BCUT2D eigenvalue weighted by molar-refractivity contribution is -0.126. The number of aliphatic hydroxyl groups is 1. The second-order valence-electron chi connectivity index (χ2n) is 4.80. The number of carbonyl (C=O) groups is 1. The van der Waals surface area contributed by atoms with Crippen molar-refractivity contribution in [3.63, 3.8) is 0 Å². The van der Waals surface area contributed by atoms with Crippen LogP contribution < -0.4 is 5.32 Å². The summed E-state index contributed by atoms with van der Waals surface area (Å²) in [6, 6.07) is -0.188. The third-order valence-electron chi connectivity index (χ3n) is 3.53. The van der Waals surface area contributed by atoms with Crippen molar-refractivity contribution in [1.29, 1.82) is 0 Å². The summed E-state index contributed by atoms with van der Waals surface area (Å²) in [6.07, 6.45) is 3.96. The highest BCUT2D eigenvalue weighted by atomic mass is 16.5. The van der Waals surface area contributed by atoms with E-state index in [1.54, 1.807) is 0 Å². The van der Waals surface area contributed by atoms with Gasteiger partial charge in [0.05, 0.1) is 12.1 Å². The highest BCUT2D eigenvalue weighted by molar-refractivity contribution is 5.81. The Morgan fingerprint density at radius 2 is 2.35 bits per heavy atom. The van der Waals surface area contributed by atoms with E-state index in [9.17, 15) is 4.79 Å². The smallest absolute Gasteiger partial charge is 0.237 e. The van der Waals surface area contributed by atoms with Crippen LogP contribution in [0.3, 0.4) is 0 Å². The van der Waals surface area contributed by atoms with Gasteiger partial charge in [0, 0.05) is 32.8 Å². The Labute approximate surface area is 102 Å². The largest absolute Gasteiger partial charge is 0.396 e. The van der Waals surface area contributed by atoms with E-state index < -0.39 is 0 Å². The topological polar surface area (TPSA) is 61.8 Å². The van der Waals surface area contributed by atoms with Gasteiger partial charge in [-0.1, -0.05) is 0 Å². The Morgan fingerprint density at radius 3 is 3.06 bits per heavy atom. The van der Waals surface area contributed by atoms with Crippen molar-refractivity contribution in [2.24, 2.45) is 0 Å². The average molecular weight is 242 g/mol. The van der Waals surface area contributed by atoms with Gasteiger partial charge in [-0.25, -0.2) is 0 Å². The molecule has 17 heavy (non-hydrogen) atoms. The van der Waals surface area contributed by atoms with Gasteiger partial charge < -0.3 is 15.2 Å². The van der Waals surface area contributed by atoms with Gasteiger partial charge in [-0.3, -0.25) is 9.69 Å². The number of rotatable bonds is 4. The molecule has 0 spiro atoms. The van der Waals surface area contributed by atoms with Crippen molar-refractivity contribution in [2.45, 2.75) is 37.8 Å². The second-order valence-corrected chi connectivity index (χ2v) is 4.80. The van der Waals surface area contributed by atoms with E-state index in [1.165, 1.54) is 0 Å². The molecule has 0 saturated carbocycles. The minimum atomic E-state index is -0.188. The predicted molar refractivity (Wildman–Crippen MR) is 63.7 cm³/mol. The zero-order valence-electron chi connectivity index (χ0n) is 10.2. The fraction of sp³-hybridized carbons (Fsp3) is 0.917. The number of amides is 1. The van der Waals surface area contributed by atoms with Crippen LogP contribution in [0.15, 0.2) is 0 Å². The molecule has 2 unspecified atom stereocenters. The molecule has 2 aliphatic heterocycles. The van der Waals surface area contributed by atoms with Crippen molar-refractivity contribution in [3.8, 4) is 0 Å². The summed E-state index contributed by atoms with van der Waals surface area (Å²) in [5, 5.41) is 12.0. The molecule has 0 aromatic rings. The maximum Gasteiger partial charge on any atom is 0.237 e. The maximum absolute atomic E-state index is 11.9. The molecule has 5 heteroatoms. The molecule has 2 atom stereocenters. The van der Waals surface area contributed by atoms with Crippen LogP contribution in [0.4, 0.5) is 0 Å². The fourth-order valence-corrected chi connectivity index (χ4v) is 2.64. The molecule has 2 saturated heterocycles. The van der Waals surface area contributed by atoms with Crippen LogP contribution in [0.25, 0.3) is 0 Å². The number of hydrogen-bond donors (Lipinski definition) is 2. The molecule has 1 amide bonds. The number of nitrogens with zero attached hydrogens (tertiary/aromatic N) is 1. The summed E-state index contributed by atoms with van der Waals surface area (Å²) in [5.41, 5.74) is 0. The van der Waals surface area contributed by atoms with Crippen LogP contribution in [0.2, 0.25) is 0 Å². The first-order valence-corrected chi connectivity index (χ1v) is 6.55. The molecule has 0 radical (unpaired) electrons. The zero-order chi connectivity index (χ0) is 12.1. The van der Waals surface area contributed by atoms with Crippen LogP contribution in [0, 0.1) is 0 Å². The van der Waals surface area contributed by atoms with E-state index in [2.05, 4.69) is 10.2 Å². The molecule has 2 N–H and O–H groups in total. The van der Waals surface area contributed by atoms with Crippen molar-refractivity contribution in [1.82, 2.24) is 10.2 Å². The van der Waals surface area contributed by atoms with E-state index in [4.69, 9.17) is 9.84 Å². The summed E-state index contributed by atoms with van der Waals surface area (Å²) >= 11 is 0. The first kappa shape index (κ1) is 12.8. The van der Waals surface area contributed by atoms with Gasteiger partial charge in [-0.05, 0) is 25.7 Å². The Hall–Kier alpha value is -0.650. The Balaban J connectivity index is 1.95. The van der Waals surface area contributed by atoms with Gasteiger partial charge in [0.1, 0.15) is 0 Å². The summed E-state index contributed by atoms with van der Waals surface area (Å²) in [7, 11) is 0. The first-order valence-electron chi connectivity index (χ1n) is 6.55. The van der Waals surface area contributed by atoms with E-state index in [0.29, 0.717) is 6.42 Å². The Bertz CT molecular complexity index is 254.